The van der Waals surface area contributed by atoms with E-state index < -0.39 is 0 Å². The molecule has 5 aliphatic heterocycles. The van der Waals surface area contributed by atoms with Gasteiger partial charge in [0.1, 0.15) is 11.9 Å². The molecule has 0 aliphatic carbocycles. The van der Waals surface area contributed by atoms with Gasteiger partial charge < -0.3 is 19.9 Å². The van der Waals surface area contributed by atoms with Crippen molar-refractivity contribution in [3.8, 4) is 28.0 Å². The Balaban J connectivity index is 0.786. The van der Waals surface area contributed by atoms with Crippen LogP contribution in [0.25, 0.3) is 27.5 Å². The number of pyridine rings is 2. The molecule has 5 aromatic rings. The maximum atomic E-state index is 12.3. The molecule has 2 amide bonds. The molecule has 15 nitrogen and oxygen atoms in total. The minimum atomic E-state index is -0.306. The Labute approximate surface area is 334 Å². The van der Waals surface area contributed by atoms with Gasteiger partial charge >= 0.3 is 0 Å². The van der Waals surface area contributed by atoms with E-state index in [1.54, 1.807) is 17.5 Å². The molecule has 2 unspecified atom stereocenters. The molecule has 57 heavy (non-hydrogen) atoms. The molecule has 292 valence electrons. The van der Waals surface area contributed by atoms with Crippen LogP contribution in [-0.2, 0) is 14.3 Å². The predicted molar refractivity (Wildman–Crippen MR) is 215 cm³/mol. The standard InChI is InChI=1S/C41H44N12O3S/c42-17-26-15-29-4-6-36(53(29)45-18-26)35-16-34(46-28-11-14-56-24-28)33(20-43-35)40-48-49-41(57-40)51-22-30-2-3-31(23-51)52(30)21-25-9-12-50(13-10-25)37-7-1-27(19-44-37)32-5-8-38(54)47-39(32)55/h1,4,6-7,15-16,18-20,25,28,30-32H,2-3,5,8-14,21-24H2,(H,43,46)(H,47,54,55)/t28-,30?,31?,32-/m1/s1. The molecule has 2 N–H and O–H groups in total. The summed E-state index contributed by atoms with van der Waals surface area (Å²) in [6, 6.07) is 15.2. The van der Waals surface area contributed by atoms with Gasteiger partial charge in [0.05, 0.1) is 52.8 Å². The predicted octanol–water partition coefficient (Wildman–Crippen LogP) is 4.47. The minimum absolute atomic E-state index is 0.192. The van der Waals surface area contributed by atoms with E-state index in [2.05, 4.69) is 42.6 Å². The van der Waals surface area contributed by atoms with Gasteiger partial charge in [0, 0.05) is 75.9 Å². The molecule has 5 saturated heterocycles. The average Bonchev–Trinajstić information content (AvgIpc) is 4.06. The van der Waals surface area contributed by atoms with Crippen molar-refractivity contribution in [1.82, 2.24) is 40.0 Å². The van der Waals surface area contributed by atoms with Crippen molar-refractivity contribution in [3.63, 3.8) is 0 Å². The van der Waals surface area contributed by atoms with Gasteiger partial charge in [-0.25, -0.2) is 9.50 Å². The minimum Gasteiger partial charge on any atom is -0.379 e. The van der Waals surface area contributed by atoms with Crippen molar-refractivity contribution < 1.29 is 14.3 Å². The van der Waals surface area contributed by atoms with Crippen LogP contribution in [0.5, 0.6) is 0 Å². The van der Waals surface area contributed by atoms with Crippen LogP contribution in [0.1, 0.15) is 62.0 Å². The Morgan fingerprint density at radius 3 is 2.54 bits per heavy atom. The number of hydrogen-bond acceptors (Lipinski definition) is 14. The summed E-state index contributed by atoms with van der Waals surface area (Å²) in [6.45, 7) is 6.37. The second-order valence-electron chi connectivity index (χ2n) is 16.0. The Morgan fingerprint density at radius 1 is 0.930 bits per heavy atom. The van der Waals surface area contributed by atoms with E-state index in [1.165, 1.54) is 12.8 Å². The fraction of sp³-hybridized carbons (Fsp3) is 0.463. The van der Waals surface area contributed by atoms with E-state index in [0.717, 1.165) is 108 Å². The summed E-state index contributed by atoms with van der Waals surface area (Å²) in [5.41, 5.74) is 5.72. The summed E-state index contributed by atoms with van der Waals surface area (Å²) < 4.78 is 7.51. The largest absolute Gasteiger partial charge is 0.379 e. The highest BCUT2D eigenvalue weighted by Crippen LogP contribution is 2.40. The lowest BCUT2D eigenvalue weighted by Gasteiger charge is -2.43. The third-order valence-corrected chi connectivity index (χ3v) is 13.5. The molecule has 0 radical (unpaired) electrons. The number of hydrogen-bond donors (Lipinski definition) is 2. The van der Waals surface area contributed by atoms with Gasteiger partial charge in [-0.2, -0.15) is 10.4 Å². The van der Waals surface area contributed by atoms with Crippen LogP contribution in [0.4, 0.5) is 16.6 Å². The van der Waals surface area contributed by atoms with Crippen molar-refractivity contribution in [2.45, 2.75) is 69.0 Å². The molecule has 2 bridgehead atoms. The van der Waals surface area contributed by atoms with Crippen molar-refractivity contribution in [3.05, 3.63) is 66.1 Å². The Hall–Kier alpha value is -5.50. The van der Waals surface area contributed by atoms with Crippen LogP contribution in [0.2, 0.25) is 0 Å². The van der Waals surface area contributed by atoms with Crippen molar-refractivity contribution >= 4 is 45.3 Å². The van der Waals surface area contributed by atoms with Crippen LogP contribution in [0.15, 0.2) is 55.0 Å². The first-order valence-corrected chi connectivity index (χ1v) is 20.9. The van der Waals surface area contributed by atoms with Crippen molar-refractivity contribution in [2.75, 3.05) is 61.1 Å². The van der Waals surface area contributed by atoms with E-state index in [0.29, 0.717) is 43.0 Å². The molecule has 16 heteroatoms. The quantitative estimate of drug-likeness (QED) is 0.201. The van der Waals surface area contributed by atoms with E-state index in [-0.39, 0.29) is 23.8 Å². The number of carbonyl (C=O) groups excluding carboxylic acids is 2. The molecule has 4 atom stereocenters. The smallest absolute Gasteiger partial charge is 0.234 e. The van der Waals surface area contributed by atoms with Crippen LogP contribution in [0.3, 0.4) is 0 Å². The van der Waals surface area contributed by atoms with Crippen molar-refractivity contribution in [2.24, 2.45) is 5.92 Å². The zero-order chi connectivity index (χ0) is 38.5. The molecule has 0 spiro atoms. The SMILES string of the molecule is N#Cc1cnn2c(-c3cc(N[C@@H]4CCOC4)c(-c4nnc(N5CC6CCC(C5)N6CC5CCN(c6ccc([C@H]7CCC(=O)NC7=O)cn6)CC5)s4)cn3)ccc2c1. The first-order chi connectivity index (χ1) is 28.0. The van der Waals surface area contributed by atoms with Crippen LogP contribution >= 0.6 is 11.3 Å². The maximum Gasteiger partial charge on any atom is 0.234 e. The van der Waals surface area contributed by atoms with Crippen LogP contribution < -0.4 is 20.4 Å². The number of rotatable bonds is 9. The fourth-order valence-electron chi connectivity index (χ4n) is 9.35. The first-order valence-electron chi connectivity index (χ1n) is 20.1. The molecule has 5 fully saturated rings. The number of ether oxygens (including phenoxy) is 1. The number of nitrogens with one attached hydrogen (secondary N) is 2. The third-order valence-electron chi connectivity index (χ3n) is 12.5. The lowest BCUT2D eigenvalue weighted by atomic mass is 9.91. The number of piperidine rings is 2. The van der Waals surface area contributed by atoms with Crippen molar-refractivity contribution in [1.29, 1.82) is 5.26 Å². The molecular formula is C41H44N12O3S. The summed E-state index contributed by atoms with van der Waals surface area (Å²) >= 11 is 1.63. The Kier molecular flexibility index (Phi) is 9.51. The van der Waals surface area contributed by atoms with Gasteiger partial charge in [-0.15, -0.1) is 10.2 Å². The number of imide groups is 1. The molecule has 0 aromatic carbocycles. The second-order valence-corrected chi connectivity index (χ2v) is 16.9. The van der Waals surface area contributed by atoms with E-state index in [4.69, 9.17) is 24.9 Å². The number of fused-ring (bicyclic) bond motifs is 3. The third kappa shape index (κ3) is 7.08. The lowest BCUT2D eigenvalue weighted by Crippen LogP contribution is -2.55. The topological polar surface area (TPSA) is 170 Å². The highest BCUT2D eigenvalue weighted by Gasteiger charge is 2.42. The Bertz CT molecular complexity index is 2330. The molecule has 5 aliphatic rings. The van der Waals surface area contributed by atoms with Gasteiger partial charge in [0.25, 0.3) is 0 Å². The van der Waals surface area contributed by atoms with Crippen LogP contribution in [-0.4, -0.2) is 111 Å². The summed E-state index contributed by atoms with van der Waals surface area (Å²) in [7, 11) is 0. The first kappa shape index (κ1) is 35.9. The lowest BCUT2D eigenvalue weighted by molar-refractivity contribution is -0.134. The number of carbonyl (C=O) groups is 2. The molecular weight excluding hydrogens is 741 g/mol. The Morgan fingerprint density at radius 2 is 1.79 bits per heavy atom. The summed E-state index contributed by atoms with van der Waals surface area (Å²) in [6.07, 6.45) is 11.8. The highest BCUT2D eigenvalue weighted by atomic mass is 32.1. The maximum absolute atomic E-state index is 12.3. The van der Waals surface area contributed by atoms with E-state index >= 15 is 0 Å². The van der Waals surface area contributed by atoms with Gasteiger partial charge in [-0.3, -0.25) is 24.8 Å². The molecule has 10 rings (SSSR count). The zero-order valence-corrected chi connectivity index (χ0v) is 32.4. The number of aromatic nitrogens is 6. The fourth-order valence-corrected chi connectivity index (χ4v) is 10.2. The molecule has 5 aromatic heterocycles. The number of piperazine rings is 1. The average molecular weight is 785 g/mol. The van der Waals surface area contributed by atoms with E-state index in [1.807, 2.05) is 47.2 Å². The summed E-state index contributed by atoms with van der Waals surface area (Å²) in [4.78, 5) is 41.1. The molecule has 10 heterocycles. The van der Waals surface area contributed by atoms with Crippen LogP contribution in [0, 0.1) is 17.2 Å². The van der Waals surface area contributed by atoms with Gasteiger partial charge in [0.15, 0.2) is 5.01 Å². The number of nitriles is 1. The second kappa shape index (κ2) is 15.1. The normalized spacial score (nSPS) is 24.3. The number of anilines is 3. The summed E-state index contributed by atoms with van der Waals surface area (Å²) in [5.74, 6) is 0.882. The number of nitrogens with zero attached hydrogens (tertiary/aromatic N) is 10. The highest BCUT2D eigenvalue weighted by molar-refractivity contribution is 7.18. The monoisotopic (exact) mass is 784 g/mol. The van der Waals surface area contributed by atoms with Gasteiger partial charge in [-0.1, -0.05) is 17.4 Å². The van der Waals surface area contributed by atoms with E-state index in [9.17, 15) is 14.9 Å². The summed E-state index contributed by atoms with van der Waals surface area (Å²) in [5, 5.41) is 31.3. The number of amides is 2. The molecule has 0 saturated carbocycles. The van der Waals surface area contributed by atoms with Gasteiger partial charge in [-0.05, 0) is 80.3 Å². The zero-order valence-electron chi connectivity index (χ0n) is 31.6. The van der Waals surface area contributed by atoms with Gasteiger partial charge in [0.2, 0.25) is 16.9 Å².